The molecule has 0 unspecified atom stereocenters. The van der Waals surface area contributed by atoms with E-state index in [0.29, 0.717) is 0 Å². The molecule has 0 saturated carbocycles. The van der Waals surface area contributed by atoms with Gasteiger partial charge in [-0.1, -0.05) is 6.07 Å². The van der Waals surface area contributed by atoms with Crippen LogP contribution in [0.4, 0.5) is 10.1 Å². The summed E-state index contributed by atoms with van der Waals surface area (Å²) in [5, 5.41) is 0. The summed E-state index contributed by atoms with van der Waals surface area (Å²) in [5.41, 5.74) is 5.24. The predicted molar refractivity (Wildman–Crippen MR) is 79.5 cm³/mol. The van der Waals surface area contributed by atoms with Gasteiger partial charge in [0, 0.05) is 16.7 Å². The molecule has 0 fully saturated rings. The van der Waals surface area contributed by atoms with Crippen LogP contribution < -0.4 is 11.3 Å². The third-order valence-corrected chi connectivity index (χ3v) is 3.43. The number of aromatic nitrogens is 1. The Labute approximate surface area is 128 Å². The zero-order valence-electron chi connectivity index (χ0n) is 10.9. The number of rotatable bonds is 4. The quantitative estimate of drug-likeness (QED) is 0.674. The van der Waals surface area contributed by atoms with Crippen LogP contribution in [0.25, 0.3) is 0 Å². The molecule has 0 aliphatic rings. The number of benzene rings is 1. The van der Waals surface area contributed by atoms with E-state index in [4.69, 9.17) is 10.5 Å². The molecule has 1 heterocycles. The lowest BCUT2D eigenvalue weighted by atomic mass is 10.2. The smallest absolute Gasteiger partial charge is 0.339 e. The summed E-state index contributed by atoms with van der Waals surface area (Å²) in [6, 6.07) is 7.06. The van der Waals surface area contributed by atoms with Crippen LogP contribution in [0, 0.1) is 5.82 Å². The Morgan fingerprint density at radius 1 is 1.38 bits per heavy atom. The molecule has 1 aromatic carbocycles. The molecule has 7 heteroatoms. The number of hydrogen-bond donors (Lipinski definition) is 1. The fourth-order valence-electron chi connectivity index (χ4n) is 1.68. The average molecular weight is 355 g/mol. The molecule has 2 N–H and O–H groups in total. The van der Waals surface area contributed by atoms with Crippen LogP contribution in [0.3, 0.4) is 0 Å². The second-order valence-electron chi connectivity index (χ2n) is 4.22. The molecule has 110 valence electrons. The average Bonchev–Trinajstić information content (AvgIpc) is 2.44. The summed E-state index contributed by atoms with van der Waals surface area (Å²) in [7, 11) is 0. The van der Waals surface area contributed by atoms with Gasteiger partial charge in [0.15, 0.2) is 0 Å². The Morgan fingerprint density at radius 2 is 2.14 bits per heavy atom. The van der Waals surface area contributed by atoms with Crippen molar-refractivity contribution in [1.29, 1.82) is 0 Å². The molecular weight excluding hydrogens is 343 g/mol. The van der Waals surface area contributed by atoms with Gasteiger partial charge in [-0.3, -0.25) is 4.79 Å². The van der Waals surface area contributed by atoms with Gasteiger partial charge in [0.25, 0.3) is 5.56 Å². The van der Waals surface area contributed by atoms with Gasteiger partial charge in [-0.2, -0.15) is 0 Å². The summed E-state index contributed by atoms with van der Waals surface area (Å²) in [6.45, 7) is 0.256. The third-order valence-electron chi connectivity index (χ3n) is 2.77. The maximum Gasteiger partial charge on any atom is 0.339 e. The number of pyridine rings is 1. The third kappa shape index (κ3) is 3.69. The highest BCUT2D eigenvalue weighted by Gasteiger charge is 2.14. The number of carbonyl (C=O) groups is 1. The normalized spacial score (nSPS) is 10.4. The van der Waals surface area contributed by atoms with Crippen molar-refractivity contribution in [2.45, 2.75) is 6.54 Å². The Balaban J connectivity index is 2.01. The van der Waals surface area contributed by atoms with Crippen molar-refractivity contribution >= 4 is 27.6 Å². The standard InChI is InChI=1S/C14H12BrFN2O3/c15-10-8-11(16)12(17)7-9(10)14(20)21-6-5-18-4-2-1-3-13(18)19/h1-4,7-8H,5-6,17H2. The van der Waals surface area contributed by atoms with Crippen LogP contribution in [0.5, 0.6) is 0 Å². The summed E-state index contributed by atoms with van der Waals surface area (Å²) in [6.07, 6.45) is 1.60. The topological polar surface area (TPSA) is 74.3 Å². The Hall–Kier alpha value is -2.15. The summed E-state index contributed by atoms with van der Waals surface area (Å²) in [4.78, 5) is 23.3. The second kappa shape index (κ2) is 6.53. The molecular formula is C14H12BrFN2O3. The summed E-state index contributed by atoms with van der Waals surface area (Å²) < 4.78 is 19.9. The fourth-order valence-corrected chi connectivity index (χ4v) is 2.16. The van der Waals surface area contributed by atoms with E-state index in [0.717, 1.165) is 6.07 Å². The minimum atomic E-state index is -0.641. The molecule has 0 saturated heterocycles. The molecule has 2 aromatic rings. The lowest BCUT2D eigenvalue weighted by Crippen LogP contribution is -2.21. The molecule has 0 radical (unpaired) electrons. The van der Waals surface area contributed by atoms with Crippen LogP contribution in [-0.2, 0) is 11.3 Å². The fraction of sp³-hybridized carbons (Fsp3) is 0.143. The molecule has 0 amide bonds. The first-order chi connectivity index (χ1) is 9.99. The maximum absolute atomic E-state index is 13.2. The second-order valence-corrected chi connectivity index (χ2v) is 5.08. The number of carbonyl (C=O) groups excluding carboxylic acids is 1. The molecule has 5 nitrogen and oxygen atoms in total. The van der Waals surface area contributed by atoms with E-state index >= 15 is 0 Å². The predicted octanol–water partition coefficient (Wildman–Crippen LogP) is 2.19. The van der Waals surface area contributed by atoms with E-state index in [1.807, 2.05) is 0 Å². The maximum atomic E-state index is 13.2. The highest BCUT2D eigenvalue weighted by molar-refractivity contribution is 9.10. The van der Waals surface area contributed by atoms with Crippen molar-refractivity contribution in [3.05, 3.63) is 62.7 Å². The van der Waals surface area contributed by atoms with Gasteiger partial charge < -0.3 is 15.0 Å². The lowest BCUT2D eigenvalue weighted by molar-refractivity contribution is 0.0489. The first-order valence-electron chi connectivity index (χ1n) is 6.06. The van der Waals surface area contributed by atoms with Gasteiger partial charge in [-0.15, -0.1) is 0 Å². The first kappa shape index (κ1) is 15.2. The Kier molecular flexibility index (Phi) is 4.74. The number of esters is 1. The highest BCUT2D eigenvalue weighted by Crippen LogP contribution is 2.23. The number of nitrogens with two attached hydrogens (primary N) is 1. The van der Waals surface area contributed by atoms with Crippen molar-refractivity contribution in [3.63, 3.8) is 0 Å². The molecule has 21 heavy (non-hydrogen) atoms. The molecule has 2 rings (SSSR count). The van der Waals surface area contributed by atoms with E-state index in [1.165, 1.54) is 16.7 Å². The Bertz CT molecular complexity index is 730. The van der Waals surface area contributed by atoms with E-state index in [2.05, 4.69) is 15.9 Å². The van der Waals surface area contributed by atoms with Crippen molar-refractivity contribution in [2.24, 2.45) is 0 Å². The van der Waals surface area contributed by atoms with Crippen LogP contribution in [0.15, 0.2) is 45.8 Å². The van der Waals surface area contributed by atoms with Crippen molar-refractivity contribution in [2.75, 3.05) is 12.3 Å². The van der Waals surface area contributed by atoms with Crippen LogP contribution >= 0.6 is 15.9 Å². The lowest BCUT2D eigenvalue weighted by Gasteiger charge is -2.09. The van der Waals surface area contributed by atoms with E-state index in [1.54, 1.807) is 18.3 Å². The number of anilines is 1. The van der Waals surface area contributed by atoms with Gasteiger partial charge in [-0.05, 0) is 34.1 Å². The van der Waals surface area contributed by atoms with E-state index in [-0.39, 0.29) is 34.4 Å². The summed E-state index contributed by atoms with van der Waals surface area (Å²) in [5.74, 6) is -1.26. The molecule has 0 aliphatic heterocycles. The molecule has 0 bridgehead atoms. The number of nitrogen functional groups attached to an aromatic ring is 1. The van der Waals surface area contributed by atoms with Gasteiger partial charge in [0.2, 0.25) is 0 Å². The Morgan fingerprint density at radius 3 is 2.86 bits per heavy atom. The number of halogens is 2. The van der Waals surface area contributed by atoms with Crippen LogP contribution in [-0.4, -0.2) is 17.1 Å². The van der Waals surface area contributed by atoms with Gasteiger partial charge in [0.05, 0.1) is 17.8 Å². The van der Waals surface area contributed by atoms with E-state index < -0.39 is 11.8 Å². The number of hydrogen-bond acceptors (Lipinski definition) is 4. The van der Waals surface area contributed by atoms with Crippen molar-refractivity contribution < 1.29 is 13.9 Å². The highest BCUT2D eigenvalue weighted by atomic mass is 79.9. The SMILES string of the molecule is Nc1cc(C(=O)OCCn2ccccc2=O)c(Br)cc1F. The minimum Gasteiger partial charge on any atom is -0.460 e. The molecule has 1 aromatic heterocycles. The molecule has 0 spiro atoms. The van der Waals surface area contributed by atoms with E-state index in [9.17, 15) is 14.0 Å². The van der Waals surface area contributed by atoms with Crippen molar-refractivity contribution in [3.8, 4) is 0 Å². The zero-order chi connectivity index (χ0) is 15.4. The molecule has 0 atom stereocenters. The minimum absolute atomic E-state index is 0.0203. The monoisotopic (exact) mass is 354 g/mol. The van der Waals surface area contributed by atoms with Crippen molar-refractivity contribution in [1.82, 2.24) is 4.57 Å². The first-order valence-corrected chi connectivity index (χ1v) is 6.85. The number of nitrogens with zero attached hydrogens (tertiary/aromatic N) is 1. The van der Waals surface area contributed by atoms with Gasteiger partial charge in [0.1, 0.15) is 12.4 Å². The van der Waals surface area contributed by atoms with Crippen LogP contribution in [0.1, 0.15) is 10.4 Å². The molecule has 0 aliphatic carbocycles. The van der Waals surface area contributed by atoms with Gasteiger partial charge >= 0.3 is 5.97 Å². The summed E-state index contributed by atoms with van der Waals surface area (Å²) >= 11 is 3.08. The largest absolute Gasteiger partial charge is 0.460 e. The van der Waals surface area contributed by atoms with Gasteiger partial charge in [-0.25, -0.2) is 9.18 Å². The number of ether oxygens (including phenoxy) is 1. The van der Waals surface area contributed by atoms with Crippen LogP contribution in [0.2, 0.25) is 0 Å². The zero-order valence-corrected chi connectivity index (χ0v) is 12.5.